The molecule has 1 atom stereocenters. The predicted molar refractivity (Wildman–Crippen MR) is 131 cm³/mol. The molecule has 1 aliphatic rings. The Morgan fingerprint density at radius 2 is 1.94 bits per heavy atom. The number of rotatable bonds is 6. The molecule has 0 saturated carbocycles. The van der Waals surface area contributed by atoms with E-state index in [9.17, 15) is 14.7 Å². The lowest BCUT2D eigenvalue weighted by atomic mass is 9.96. The molecule has 2 N–H and O–H groups in total. The summed E-state index contributed by atoms with van der Waals surface area (Å²) in [7, 11) is 1.43. The molecule has 2 aromatic rings. The van der Waals surface area contributed by atoms with Crippen molar-refractivity contribution in [2.24, 2.45) is 11.3 Å². The van der Waals surface area contributed by atoms with E-state index in [1.165, 1.54) is 7.11 Å². The minimum absolute atomic E-state index is 0.0714. The van der Waals surface area contributed by atoms with Crippen molar-refractivity contribution in [3.8, 4) is 23.0 Å². The van der Waals surface area contributed by atoms with Crippen molar-refractivity contribution in [2.45, 2.75) is 60.7 Å². The number of nitrogens with one attached hydrogen (secondary N) is 1. The summed E-state index contributed by atoms with van der Waals surface area (Å²) in [5.41, 5.74) is 1.81. The number of aliphatic hydroxyl groups is 1. The van der Waals surface area contributed by atoms with Gasteiger partial charge in [0, 0.05) is 17.7 Å². The molecule has 0 aromatic heterocycles. The summed E-state index contributed by atoms with van der Waals surface area (Å²) in [5.74, 6) is 0.455. The van der Waals surface area contributed by atoms with Gasteiger partial charge >= 0.3 is 12.1 Å². The average Bonchev–Trinajstić information content (AvgIpc) is 2.75. The third-order valence-corrected chi connectivity index (χ3v) is 5.42. The largest absolute Gasteiger partial charge is 0.495 e. The zero-order chi connectivity index (χ0) is 25.9. The van der Waals surface area contributed by atoms with E-state index in [0.717, 1.165) is 5.56 Å². The highest BCUT2D eigenvalue weighted by atomic mass is 16.6. The van der Waals surface area contributed by atoms with E-state index in [1.807, 2.05) is 47.6 Å². The van der Waals surface area contributed by atoms with Gasteiger partial charge in [0.2, 0.25) is 0 Å². The molecule has 8 nitrogen and oxygen atoms in total. The maximum Gasteiger partial charge on any atom is 0.412 e. The first kappa shape index (κ1) is 26.3. The Hall–Kier alpha value is -3.26. The van der Waals surface area contributed by atoms with Crippen molar-refractivity contribution >= 4 is 12.1 Å². The molecule has 1 aliphatic heterocycles. The lowest BCUT2D eigenvalue weighted by Crippen LogP contribution is -2.34. The summed E-state index contributed by atoms with van der Waals surface area (Å²) in [6.45, 7) is 12.2. The lowest BCUT2D eigenvalue weighted by molar-refractivity contribution is 0.0453. The van der Waals surface area contributed by atoms with Crippen LogP contribution in [0.25, 0.3) is 0 Å². The molecule has 3 rings (SSSR count). The minimum Gasteiger partial charge on any atom is -0.495 e. The second-order valence-corrected chi connectivity index (χ2v) is 10.4. The number of hydrogen-bond donors (Lipinski definition) is 2. The second kappa shape index (κ2) is 10.6. The van der Waals surface area contributed by atoms with Gasteiger partial charge in [-0.1, -0.05) is 34.6 Å². The zero-order valence-corrected chi connectivity index (χ0v) is 21.5. The van der Waals surface area contributed by atoms with E-state index < -0.39 is 18.2 Å². The van der Waals surface area contributed by atoms with Crippen molar-refractivity contribution in [1.82, 2.24) is 5.32 Å². The number of methoxy groups -OCH3 is 1. The van der Waals surface area contributed by atoms with E-state index in [0.29, 0.717) is 24.1 Å². The summed E-state index contributed by atoms with van der Waals surface area (Å²) < 4.78 is 22.9. The van der Waals surface area contributed by atoms with Crippen LogP contribution in [0.5, 0.6) is 23.0 Å². The second-order valence-electron chi connectivity index (χ2n) is 10.4. The smallest absolute Gasteiger partial charge is 0.412 e. The molecule has 35 heavy (non-hydrogen) atoms. The average molecular weight is 486 g/mol. The minimum atomic E-state index is -0.825. The third-order valence-electron chi connectivity index (χ3n) is 5.42. The van der Waals surface area contributed by atoms with Gasteiger partial charge in [0.15, 0.2) is 11.5 Å². The van der Waals surface area contributed by atoms with Gasteiger partial charge in [0.05, 0.1) is 13.2 Å². The maximum atomic E-state index is 13.0. The summed E-state index contributed by atoms with van der Waals surface area (Å²) in [6, 6.07) is 6.77. The van der Waals surface area contributed by atoms with Crippen molar-refractivity contribution in [2.75, 3.05) is 13.7 Å². The van der Waals surface area contributed by atoms with Gasteiger partial charge < -0.3 is 29.4 Å². The van der Waals surface area contributed by atoms with Gasteiger partial charge in [-0.3, -0.25) is 0 Å². The summed E-state index contributed by atoms with van der Waals surface area (Å²) in [5, 5.41) is 13.5. The van der Waals surface area contributed by atoms with E-state index in [-0.39, 0.29) is 46.5 Å². The number of ether oxygens (including phenoxy) is 4. The Morgan fingerprint density at radius 1 is 1.23 bits per heavy atom. The van der Waals surface area contributed by atoms with Crippen molar-refractivity contribution in [3.05, 3.63) is 46.5 Å². The Labute approximate surface area is 206 Å². The number of esters is 1. The highest BCUT2D eigenvalue weighted by Gasteiger charge is 2.30. The number of aliphatic hydroxyl groups excluding tert-OH is 1. The van der Waals surface area contributed by atoms with E-state index in [1.54, 1.807) is 18.2 Å². The number of cyclic esters (lactones) is 1. The summed E-state index contributed by atoms with van der Waals surface area (Å²) >= 11 is 0. The van der Waals surface area contributed by atoms with Gasteiger partial charge in [0.1, 0.15) is 23.7 Å². The topological polar surface area (TPSA) is 103 Å². The molecular weight excluding hydrogens is 450 g/mol. The van der Waals surface area contributed by atoms with E-state index in [2.05, 4.69) is 5.32 Å². The Balaban J connectivity index is 2.03. The number of amides is 1. The Kier molecular flexibility index (Phi) is 7.95. The van der Waals surface area contributed by atoms with Crippen LogP contribution >= 0.6 is 0 Å². The number of carbonyl (C=O) groups is 2. The molecule has 0 saturated heterocycles. The first-order chi connectivity index (χ1) is 16.4. The van der Waals surface area contributed by atoms with Crippen LogP contribution in [0.3, 0.4) is 0 Å². The third kappa shape index (κ3) is 6.45. The van der Waals surface area contributed by atoms with Crippen molar-refractivity contribution in [3.63, 3.8) is 0 Å². The molecule has 0 aliphatic carbocycles. The Bertz CT molecular complexity index is 1100. The highest BCUT2D eigenvalue weighted by Crippen LogP contribution is 2.44. The van der Waals surface area contributed by atoms with Crippen LogP contribution in [0.1, 0.15) is 74.2 Å². The highest BCUT2D eigenvalue weighted by molar-refractivity contribution is 5.96. The molecule has 0 spiro atoms. The van der Waals surface area contributed by atoms with Gasteiger partial charge in [-0.15, -0.1) is 0 Å². The van der Waals surface area contributed by atoms with Crippen molar-refractivity contribution in [1.29, 1.82) is 0 Å². The molecule has 1 amide bonds. The fourth-order valence-corrected chi connectivity index (χ4v) is 3.83. The van der Waals surface area contributed by atoms with Gasteiger partial charge in [0.25, 0.3) is 0 Å². The molecule has 8 heteroatoms. The first-order valence-corrected chi connectivity index (χ1v) is 11.7. The van der Waals surface area contributed by atoms with Crippen LogP contribution in [-0.2, 0) is 11.3 Å². The molecule has 0 fully saturated rings. The van der Waals surface area contributed by atoms with Crippen LogP contribution in [0.4, 0.5) is 4.79 Å². The normalized spacial score (nSPS) is 14.0. The predicted octanol–water partition coefficient (Wildman–Crippen LogP) is 5.68. The van der Waals surface area contributed by atoms with Gasteiger partial charge in [-0.25, -0.2) is 9.59 Å². The molecule has 0 radical (unpaired) electrons. The van der Waals surface area contributed by atoms with E-state index >= 15 is 0 Å². The number of fused-ring (bicyclic) bond motifs is 2. The fraction of sp³-hybridized carbons (Fsp3) is 0.481. The monoisotopic (exact) mass is 485 g/mol. The number of aryl methyl sites for hydroxylation is 1. The SMILES string of the molecule is COc1c([C@@H](O)CC(C)C)ccc2c1C(=O)OCc1cc(C)cc(OC(=O)NCC(C)(C)C)c1O2. The van der Waals surface area contributed by atoms with Crippen LogP contribution in [0, 0.1) is 18.3 Å². The zero-order valence-electron chi connectivity index (χ0n) is 21.5. The summed E-state index contributed by atoms with van der Waals surface area (Å²) in [4.78, 5) is 25.5. The summed E-state index contributed by atoms with van der Waals surface area (Å²) in [6.07, 6.45) is -0.941. The first-order valence-electron chi connectivity index (χ1n) is 11.7. The fourth-order valence-electron chi connectivity index (χ4n) is 3.83. The number of carbonyl (C=O) groups excluding carboxylic acids is 2. The number of benzene rings is 2. The maximum absolute atomic E-state index is 13.0. The number of hydrogen-bond acceptors (Lipinski definition) is 7. The molecule has 0 unspecified atom stereocenters. The van der Waals surface area contributed by atoms with Gasteiger partial charge in [-0.2, -0.15) is 0 Å². The van der Waals surface area contributed by atoms with Crippen LogP contribution in [0.15, 0.2) is 24.3 Å². The van der Waals surface area contributed by atoms with Gasteiger partial charge in [-0.05, 0) is 54.5 Å². The standard InChI is InChI=1S/C27H35NO7/c1-15(2)10-19(29)18-8-9-20-22(24(18)32-7)25(30)33-13-17-11-16(3)12-21(23(17)34-20)35-26(31)28-14-27(4,5)6/h8-9,11-12,15,19,29H,10,13-14H2,1-7H3,(H,28,31)/t19-/m0/s1. The Morgan fingerprint density at radius 3 is 2.57 bits per heavy atom. The van der Waals surface area contributed by atoms with Crippen LogP contribution in [-0.4, -0.2) is 30.8 Å². The lowest BCUT2D eigenvalue weighted by Gasteiger charge is -2.24. The molecule has 2 aromatic carbocycles. The molecule has 1 heterocycles. The van der Waals surface area contributed by atoms with E-state index in [4.69, 9.17) is 18.9 Å². The molecule has 0 bridgehead atoms. The quantitative estimate of drug-likeness (QED) is 0.507. The molecule has 190 valence electrons. The van der Waals surface area contributed by atoms with Crippen LogP contribution in [0.2, 0.25) is 0 Å². The van der Waals surface area contributed by atoms with Crippen LogP contribution < -0.4 is 19.5 Å². The molecular formula is C27H35NO7. The van der Waals surface area contributed by atoms with Crippen molar-refractivity contribution < 1.29 is 33.6 Å².